The largest absolute Gasteiger partial charge is 0.442 e. The van der Waals surface area contributed by atoms with E-state index in [0.717, 1.165) is 12.1 Å². The first-order chi connectivity index (χ1) is 17.4. The molecule has 3 aromatic rings. The maximum Gasteiger partial charge on any atom is 0.414 e. The molecule has 2 saturated heterocycles. The molecule has 4 atom stereocenters. The minimum absolute atomic E-state index is 0.0156. The van der Waals surface area contributed by atoms with Gasteiger partial charge in [0.2, 0.25) is 0 Å². The van der Waals surface area contributed by atoms with E-state index < -0.39 is 29.2 Å². The lowest BCUT2D eigenvalue weighted by atomic mass is 9.95. The number of hydrogen-bond donors (Lipinski definition) is 0. The van der Waals surface area contributed by atoms with E-state index in [1.165, 1.54) is 28.0 Å². The quantitative estimate of drug-likeness (QED) is 0.502. The Morgan fingerprint density at radius 2 is 1.89 bits per heavy atom. The number of nitriles is 2. The molecule has 1 saturated carbocycles. The summed E-state index contributed by atoms with van der Waals surface area (Å²) in [5.41, 5.74) is -0.253. The third kappa shape index (κ3) is 3.26. The van der Waals surface area contributed by atoms with Gasteiger partial charge in [0.25, 0.3) is 0 Å². The second-order valence-corrected chi connectivity index (χ2v) is 9.16. The van der Waals surface area contributed by atoms with Crippen LogP contribution in [0.5, 0.6) is 0 Å². The van der Waals surface area contributed by atoms with Gasteiger partial charge in [-0.2, -0.15) is 10.5 Å². The number of nitrogens with zero attached hydrogens (tertiary/aromatic N) is 8. The topological polar surface area (TPSA) is 124 Å². The summed E-state index contributed by atoms with van der Waals surface area (Å²) in [4.78, 5) is 19.5. The highest BCUT2D eigenvalue weighted by atomic mass is 19.1. The molecule has 36 heavy (non-hydrogen) atoms. The van der Waals surface area contributed by atoms with Crippen molar-refractivity contribution in [3.05, 3.63) is 60.2 Å². The van der Waals surface area contributed by atoms with Crippen molar-refractivity contribution >= 4 is 11.8 Å². The number of fused-ring (bicyclic) bond motifs is 1. The van der Waals surface area contributed by atoms with Crippen LogP contribution in [0, 0.1) is 46.3 Å². The van der Waals surface area contributed by atoms with Gasteiger partial charge in [-0.25, -0.2) is 18.3 Å². The predicted octanol–water partition coefficient (Wildman–Crippen LogP) is 2.45. The molecule has 3 fully saturated rings. The van der Waals surface area contributed by atoms with Crippen LogP contribution >= 0.6 is 0 Å². The molecule has 0 bridgehead atoms. The summed E-state index contributed by atoms with van der Waals surface area (Å²) in [5, 5.41) is 26.4. The van der Waals surface area contributed by atoms with Gasteiger partial charge in [-0.1, -0.05) is 11.3 Å². The van der Waals surface area contributed by atoms with E-state index in [1.807, 2.05) is 0 Å². The fourth-order valence-corrected chi connectivity index (χ4v) is 5.46. The molecule has 10 nitrogen and oxygen atoms in total. The van der Waals surface area contributed by atoms with Crippen LogP contribution in [0.4, 0.5) is 19.3 Å². The van der Waals surface area contributed by atoms with Crippen molar-refractivity contribution < 1.29 is 18.3 Å². The molecule has 3 aliphatic rings. The lowest BCUT2D eigenvalue weighted by molar-refractivity contribution is 0.129. The van der Waals surface area contributed by atoms with Crippen molar-refractivity contribution in [2.45, 2.75) is 18.1 Å². The van der Waals surface area contributed by atoms with Crippen LogP contribution in [-0.4, -0.2) is 56.7 Å². The Balaban J connectivity index is 1.22. The second kappa shape index (κ2) is 7.99. The molecule has 0 spiro atoms. The molecule has 180 valence electrons. The zero-order chi connectivity index (χ0) is 25.0. The third-order valence-corrected chi connectivity index (χ3v) is 7.26. The number of carbonyl (C=O) groups excluding carboxylic acids is 1. The number of cyclic esters (lactones) is 1. The van der Waals surface area contributed by atoms with Gasteiger partial charge in [-0.05, 0) is 18.2 Å². The summed E-state index contributed by atoms with van der Waals surface area (Å²) in [6, 6.07) is 7.68. The average molecular weight is 488 g/mol. The van der Waals surface area contributed by atoms with E-state index in [2.05, 4.69) is 27.6 Å². The number of anilines is 1. The smallest absolute Gasteiger partial charge is 0.414 e. The van der Waals surface area contributed by atoms with Gasteiger partial charge in [0.15, 0.2) is 6.19 Å². The first-order valence-electron chi connectivity index (χ1n) is 11.3. The van der Waals surface area contributed by atoms with Crippen LogP contribution in [0.1, 0.15) is 5.69 Å². The highest BCUT2D eigenvalue weighted by Gasteiger charge is 2.71. The highest BCUT2D eigenvalue weighted by molar-refractivity contribution is 5.90. The minimum atomic E-state index is -0.852. The molecule has 2 aromatic heterocycles. The maximum atomic E-state index is 15.1. The SMILES string of the molecule is N#CN1C[C@@H]2[C@H](C1)[C@@]2(C#N)c1ccc(-c2c(F)cc(N3C[C@H](Cn4ccnn4)OC3=O)cc2F)cn1. The summed E-state index contributed by atoms with van der Waals surface area (Å²) in [6.45, 7) is 1.38. The molecule has 0 radical (unpaired) electrons. The number of piperidine rings is 1. The summed E-state index contributed by atoms with van der Waals surface area (Å²) in [7, 11) is 0. The molecular formula is C24H18F2N8O2. The molecular weight excluding hydrogens is 470 g/mol. The molecule has 2 aliphatic heterocycles. The minimum Gasteiger partial charge on any atom is -0.442 e. The lowest BCUT2D eigenvalue weighted by Gasteiger charge is -2.18. The standard InChI is InChI=1S/C24H18F2N8O2/c25-19-5-15(34-9-16(36-23(34)35)8-33-4-3-30-31-33)6-20(26)22(19)14-1-2-21(29-7-14)24(12-27)17-10-32(13-28)11-18(17)24/h1-7,16-18H,8-11H2/t16-,17-,18+,24+/m0/s1. The summed E-state index contributed by atoms with van der Waals surface area (Å²) in [6.07, 6.45) is 5.33. The van der Waals surface area contributed by atoms with E-state index >= 15 is 8.78 Å². The first-order valence-corrected chi connectivity index (χ1v) is 11.3. The van der Waals surface area contributed by atoms with Crippen molar-refractivity contribution in [1.29, 1.82) is 10.5 Å². The number of likely N-dealkylation sites (tertiary alicyclic amines) is 1. The van der Waals surface area contributed by atoms with Gasteiger partial charge in [0, 0.05) is 42.9 Å². The van der Waals surface area contributed by atoms with Crippen LogP contribution < -0.4 is 4.90 Å². The van der Waals surface area contributed by atoms with Gasteiger partial charge in [-0.15, -0.1) is 5.10 Å². The van der Waals surface area contributed by atoms with E-state index in [0.29, 0.717) is 18.8 Å². The number of benzene rings is 1. The van der Waals surface area contributed by atoms with Gasteiger partial charge in [-0.3, -0.25) is 9.88 Å². The Kier molecular flexibility index (Phi) is 4.86. The van der Waals surface area contributed by atoms with Crippen molar-refractivity contribution in [3.63, 3.8) is 0 Å². The normalized spacial score (nSPS) is 26.3. The van der Waals surface area contributed by atoms with E-state index in [1.54, 1.807) is 17.2 Å². The molecule has 12 heteroatoms. The van der Waals surface area contributed by atoms with Crippen LogP contribution in [0.15, 0.2) is 42.9 Å². The molecule has 1 amide bonds. The number of amides is 1. The molecule has 1 aromatic carbocycles. The number of aromatic nitrogens is 4. The number of rotatable bonds is 5. The predicted molar refractivity (Wildman–Crippen MR) is 119 cm³/mol. The van der Waals surface area contributed by atoms with Crippen LogP contribution in [0.25, 0.3) is 11.1 Å². The number of carbonyl (C=O) groups is 1. The fourth-order valence-electron chi connectivity index (χ4n) is 5.46. The van der Waals surface area contributed by atoms with Gasteiger partial charge < -0.3 is 9.64 Å². The molecule has 0 N–H and O–H groups in total. The Morgan fingerprint density at radius 3 is 2.47 bits per heavy atom. The lowest BCUT2D eigenvalue weighted by Crippen LogP contribution is -2.26. The maximum absolute atomic E-state index is 15.1. The summed E-state index contributed by atoms with van der Waals surface area (Å²) < 4.78 is 37.0. The highest BCUT2D eigenvalue weighted by Crippen LogP contribution is 2.62. The molecule has 0 unspecified atom stereocenters. The number of halogens is 2. The van der Waals surface area contributed by atoms with Crippen molar-refractivity contribution in [2.75, 3.05) is 24.5 Å². The van der Waals surface area contributed by atoms with Gasteiger partial charge >= 0.3 is 6.09 Å². The van der Waals surface area contributed by atoms with Crippen LogP contribution in [0.2, 0.25) is 0 Å². The van der Waals surface area contributed by atoms with Crippen molar-refractivity contribution in [1.82, 2.24) is 24.9 Å². The van der Waals surface area contributed by atoms with Crippen LogP contribution in [-0.2, 0) is 16.7 Å². The Bertz CT molecular complexity index is 1390. The Morgan fingerprint density at radius 1 is 1.14 bits per heavy atom. The van der Waals surface area contributed by atoms with Gasteiger partial charge in [0.1, 0.15) is 23.2 Å². The molecule has 6 rings (SSSR count). The van der Waals surface area contributed by atoms with E-state index in [-0.39, 0.29) is 41.7 Å². The first kappa shape index (κ1) is 21.9. The average Bonchev–Trinajstić information content (AvgIpc) is 3.37. The number of pyridine rings is 1. The van der Waals surface area contributed by atoms with Crippen molar-refractivity contribution in [2.24, 2.45) is 11.8 Å². The summed E-state index contributed by atoms with van der Waals surface area (Å²) >= 11 is 0. The number of ether oxygens (including phenoxy) is 1. The van der Waals surface area contributed by atoms with Gasteiger partial charge in [0.05, 0.1) is 42.3 Å². The Labute approximate surface area is 203 Å². The zero-order valence-corrected chi connectivity index (χ0v) is 18.8. The molecule has 4 heterocycles. The summed E-state index contributed by atoms with van der Waals surface area (Å²) in [5.74, 6) is -1.67. The third-order valence-electron chi connectivity index (χ3n) is 7.26. The Hall–Kier alpha value is -4.58. The van der Waals surface area contributed by atoms with E-state index in [9.17, 15) is 10.1 Å². The van der Waals surface area contributed by atoms with E-state index in [4.69, 9.17) is 10.00 Å². The van der Waals surface area contributed by atoms with Crippen LogP contribution in [0.3, 0.4) is 0 Å². The fraction of sp³-hybridized carbons (Fsp3) is 0.333. The monoisotopic (exact) mass is 488 g/mol. The van der Waals surface area contributed by atoms with Crippen molar-refractivity contribution in [3.8, 4) is 23.4 Å². The second-order valence-electron chi connectivity index (χ2n) is 9.16. The molecule has 1 aliphatic carbocycles. The number of hydrogen-bond acceptors (Lipinski definition) is 8. The zero-order valence-electron chi connectivity index (χ0n) is 18.8.